The lowest BCUT2D eigenvalue weighted by atomic mass is 10.1. The van der Waals surface area contributed by atoms with Gasteiger partial charge in [0.25, 0.3) is 0 Å². The van der Waals surface area contributed by atoms with Gasteiger partial charge in [0.15, 0.2) is 5.16 Å². The Morgan fingerprint density at radius 3 is 2.47 bits per heavy atom. The molecule has 1 amide bonds. The number of benzene rings is 4. The number of carbonyl (C=O) groups excluding carboxylic acids is 2. The van der Waals surface area contributed by atoms with Gasteiger partial charge in [0, 0.05) is 11.8 Å². The van der Waals surface area contributed by atoms with Gasteiger partial charge in [-0.15, -0.1) is 0 Å². The number of thioether (sulfide) groups is 1. The number of H-pyrrole nitrogens is 1. The van der Waals surface area contributed by atoms with Gasteiger partial charge in [0.05, 0.1) is 29.0 Å². The maximum Gasteiger partial charge on any atom is 0.338 e. The van der Waals surface area contributed by atoms with Crippen molar-refractivity contribution in [2.75, 3.05) is 17.7 Å². The Kier molecular flexibility index (Phi) is 6.86. The van der Waals surface area contributed by atoms with Crippen molar-refractivity contribution in [2.45, 2.75) is 12.1 Å². The zero-order valence-corrected chi connectivity index (χ0v) is 20.3. The molecule has 0 saturated carbocycles. The van der Waals surface area contributed by atoms with Gasteiger partial charge in [-0.1, -0.05) is 42.1 Å². The fourth-order valence-corrected chi connectivity index (χ4v) is 4.38. The smallest absolute Gasteiger partial charge is 0.338 e. The average Bonchev–Trinajstić information content (AvgIpc) is 3.30. The zero-order chi connectivity index (χ0) is 24.9. The van der Waals surface area contributed by atoms with Gasteiger partial charge in [-0.05, 0) is 66.2 Å². The number of hydrogen-bond donors (Lipinski definition) is 2. The van der Waals surface area contributed by atoms with Crippen LogP contribution in [0, 0.1) is 0 Å². The molecule has 36 heavy (non-hydrogen) atoms. The van der Waals surface area contributed by atoms with Crippen LogP contribution in [0.15, 0.2) is 90.1 Å². The van der Waals surface area contributed by atoms with Crippen molar-refractivity contribution in [3.63, 3.8) is 0 Å². The highest BCUT2D eigenvalue weighted by molar-refractivity contribution is 7.99. The van der Waals surface area contributed by atoms with E-state index < -0.39 is 0 Å². The monoisotopic (exact) mass is 497 g/mol. The van der Waals surface area contributed by atoms with Crippen LogP contribution in [0.2, 0.25) is 0 Å². The first-order valence-corrected chi connectivity index (χ1v) is 12.4. The van der Waals surface area contributed by atoms with Gasteiger partial charge in [-0.3, -0.25) is 4.79 Å². The summed E-state index contributed by atoms with van der Waals surface area (Å²) >= 11 is 1.31. The van der Waals surface area contributed by atoms with Crippen LogP contribution in [-0.4, -0.2) is 34.2 Å². The Hall–Kier alpha value is -4.30. The summed E-state index contributed by atoms with van der Waals surface area (Å²) in [4.78, 5) is 31.9. The molecule has 0 unspecified atom stereocenters. The molecule has 0 spiro atoms. The number of carbonyl (C=O) groups is 2. The molecule has 0 bridgehead atoms. The molecule has 0 aliphatic heterocycles. The third-order valence-electron chi connectivity index (χ3n) is 5.41. The van der Waals surface area contributed by atoms with Crippen LogP contribution in [0.5, 0.6) is 11.5 Å². The summed E-state index contributed by atoms with van der Waals surface area (Å²) in [7, 11) is 0. The van der Waals surface area contributed by atoms with Gasteiger partial charge in [0.2, 0.25) is 5.91 Å². The van der Waals surface area contributed by atoms with Crippen molar-refractivity contribution in [3.05, 3.63) is 90.5 Å². The normalized spacial score (nSPS) is 10.9. The van der Waals surface area contributed by atoms with Gasteiger partial charge in [-0.2, -0.15) is 0 Å². The van der Waals surface area contributed by atoms with Crippen LogP contribution in [0.25, 0.3) is 21.8 Å². The molecule has 5 rings (SSSR count). The number of nitrogens with zero attached hydrogens (tertiary/aromatic N) is 1. The van der Waals surface area contributed by atoms with E-state index in [0.717, 1.165) is 27.6 Å². The van der Waals surface area contributed by atoms with Crippen LogP contribution in [0.3, 0.4) is 0 Å². The fraction of sp³-hybridized carbons (Fsp3) is 0.107. The number of rotatable bonds is 8. The maximum absolute atomic E-state index is 12.4. The van der Waals surface area contributed by atoms with E-state index in [9.17, 15) is 9.59 Å². The molecule has 1 aromatic heterocycles. The van der Waals surface area contributed by atoms with E-state index in [1.54, 1.807) is 31.2 Å². The Bertz CT molecular complexity index is 1550. The van der Waals surface area contributed by atoms with E-state index in [2.05, 4.69) is 27.4 Å². The van der Waals surface area contributed by atoms with Gasteiger partial charge in [0.1, 0.15) is 11.5 Å². The van der Waals surface area contributed by atoms with Crippen molar-refractivity contribution >= 4 is 51.1 Å². The first kappa shape index (κ1) is 23.4. The highest BCUT2D eigenvalue weighted by Gasteiger charge is 2.10. The zero-order valence-electron chi connectivity index (χ0n) is 19.5. The highest BCUT2D eigenvalue weighted by Crippen LogP contribution is 2.29. The van der Waals surface area contributed by atoms with E-state index in [4.69, 9.17) is 9.47 Å². The van der Waals surface area contributed by atoms with Crippen molar-refractivity contribution in [2.24, 2.45) is 0 Å². The summed E-state index contributed by atoms with van der Waals surface area (Å²) in [6.45, 7) is 2.07. The minimum atomic E-state index is -0.387. The first-order chi connectivity index (χ1) is 17.6. The lowest BCUT2D eigenvalue weighted by Gasteiger charge is -2.07. The molecular formula is C28H23N3O4S. The van der Waals surface area contributed by atoms with Gasteiger partial charge >= 0.3 is 5.97 Å². The van der Waals surface area contributed by atoms with E-state index in [1.807, 2.05) is 48.5 Å². The molecule has 0 atom stereocenters. The topological polar surface area (TPSA) is 93.3 Å². The lowest BCUT2D eigenvalue weighted by molar-refractivity contribution is -0.113. The Morgan fingerprint density at radius 1 is 0.917 bits per heavy atom. The highest BCUT2D eigenvalue weighted by atomic mass is 32.2. The molecule has 8 heteroatoms. The summed E-state index contributed by atoms with van der Waals surface area (Å²) in [5, 5.41) is 5.73. The van der Waals surface area contributed by atoms with Crippen LogP contribution in [-0.2, 0) is 9.53 Å². The standard InChI is InChI=1S/C28H23N3O4S/c1-2-34-27(33)19-7-10-21(11-8-19)29-26(32)17-36-28-30-24-14-13-23(16-25(24)31-28)35-22-12-9-18-5-3-4-6-20(18)15-22/h3-16H,2,17H2,1H3,(H,29,32)(H,30,31). The van der Waals surface area contributed by atoms with Crippen LogP contribution in [0.4, 0.5) is 5.69 Å². The van der Waals surface area contributed by atoms with E-state index in [0.29, 0.717) is 28.8 Å². The number of esters is 1. The number of hydrogen-bond acceptors (Lipinski definition) is 6. The molecule has 0 aliphatic carbocycles. The minimum absolute atomic E-state index is 0.176. The van der Waals surface area contributed by atoms with E-state index in [-0.39, 0.29) is 17.6 Å². The minimum Gasteiger partial charge on any atom is -0.462 e. The van der Waals surface area contributed by atoms with Crippen molar-refractivity contribution in [1.82, 2.24) is 9.97 Å². The van der Waals surface area contributed by atoms with Gasteiger partial charge < -0.3 is 19.8 Å². The Labute approximate surface area is 211 Å². The number of ether oxygens (including phenoxy) is 2. The SMILES string of the molecule is CCOC(=O)c1ccc(NC(=O)CSc2nc3ccc(Oc4ccc5ccccc5c4)cc3[nH]2)cc1. The Morgan fingerprint density at radius 2 is 1.67 bits per heavy atom. The lowest BCUT2D eigenvalue weighted by Crippen LogP contribution is -2.14. The van der Waals surface area contributed by atoms with Crippen molar-refractivity contribution < 1.29 is 19.1 Å². The summed E-state index contributed by atoms with van der Waals surface area (Å²) in [6, 6.07) is 26.4. The molecule has 0 saturated heterocycles. The van der Waals surface area contributed by atoms with Gasteiger partial charge in [-0.25, -0.2) is 9.78 Å². The first-order valence-electron chi connectivity index (χ1n) is 11.4. The predicted molar refractivity (Wildman–Crippen MR) is 142 cm³/mol. The van der Waals surface area contributed by atoms with E-state index >= 15 is 0 Å². The number of fused-ring (bicyclic) bond motifs is 2. The average molecular weight is 498 g/mol. The quantitative estimate of drug-likeness (QED) is 0.190. The fourth-order valence-electron chi connectivity index (χ4n) is 3.70. The number of nitrogens with one attached hydrogen (secondary N) is 2. The molecular weight excluding hydrogens is 474 g/mol. The number of anilines is 1. The summed E-state index contributed by atoms with van der Waals surface area (Å²) in [6.07, 6.45) is 0. The van der Waals surface area contributed by atoms with Crippen LogP contribution in [0.1, 0.15) is 17.3 Å². The third-order valence-corrected chi connectivity index (χ3v) is 6.28. The predicted octanol–water partition coefficient (Wildman–Crippen LogP) is 6.42. The molecule has 5 aromatic rings. The van der Waals surface area contributed by atoms with Crippen LogP contribution < -0.4 is 10.1 Å². The van der Waals surface area contributed by atoms with Crippen molar-refractivity contribution in [3.8, 4) is 11.5 Å². The van der Waals surface area contributed by atoms with E-state index in [1.165, 1.54) is 11.8 Å². The molecule has 0 fully saturated rings. The second kappa shape index (κ2) is 10.5. The maximum atomic E-state index is 12.4. The largest absolute Gasteiger partial charge is 0.462 e. The molecule has 1 heterocycles. The molecule has 7 nitrogen and oxygen atoms in total. The third kappa shape index (κ3) is 5.50. The second-order valence-electron chi connectivity index (χ2n) is 7.97. The molecule has 180 valence electrons. The summed E-state index contributed by atoms with van der Waals surface area (Å²) < 4.78 is 11.0. The van der Waals surface area contributed by atoms with Crippen LogP contribution >= 0.6 is 11.8 Å². The number of imidazole rings is 1. The second-order valence-corrected chi connectivity index (χ2v) is 8.93. The molecule has 4 aromatic carbocycles. The number of aromatic nitrogens is 2. The number of amides is 1. The summed E-state index contributed by atoms with van der Waals surface area (Å²) in [5.41, 5.74) is 2.66. The van der Waals surface area contributed by atoms with Crippen molar-refractivity contribution in [1.29, 1.82) is 0 Å². The summed E-state index contributed by atoms with van der Waals surface area (Å²) in [5.74, 6) is 1.07. The molecule has 2 N–H and O–H groups in total. The molecule has 0 radical (unpaired) electrons. The Balaban J connectivity index is 1.19. The number of aromatic amines is 1. The molecule has 0 aliphatic rings.